The molecule has 0 aliphatic carbocycles. The zero-order valence-electron chi connectivity index (χ0n) is 15.0. The SMILES string of the molecule is C[C@@H](c1nnc(-c2cccs2)o1)N1CCC[C@H](c2nc3ccccc3s2)C1. The van der Waals surface area contributed by atoms with Crippen molar-refractivity contribution < 1.29 is 4.42 Å². The van der Waals surface area contributed by atoms with Crippen molar-refractivity contribution >= 4 is 32.9 Å². The topological polar surface area (TPSA) is 55.1 Å². The summed E-state index contributed by atoms with van der Waals surface area (Å²) in [6.07, 6.45) is 2.35. The van der Waals surface area contributed by atoms with Crippen molar-refractivity contribution in [1.82, 2.24) is 20.1 Å². The van der Waals surface area contributed by atoms with Crippen molar-refractivity contribution in [1.29, 1.82) is 0 Å². The first-order valence-electron chi connectivity index (χ1n) is 9.25. The molecule has 0 radical (unpaired) electrons. The van der Waals surface area contributed by atoms with E-state index in [0.717, 1.165) is 29.9 Å². The molecular formula is C20H20N4OS2. The van der Waals surface area contributed by atoms with Crippen LogP contribution in [-0.4, -0.2) is 33.2 Å². The number of benzene rings is 1. The monoisotopic (exact) mass is 396 g/mol. The number of nitrogens with zero attached hydrogens (tertiary/aromatic N) is 4. The minimum atomic E-state index is 0.114. The van der Waals surface area contributed by atoms with Gasteiger partial charge in [0.1, 0.15) is 0 Å². The standard InChI is InChI=1S/C20H20N4OS2/c1-13(18-22-23-19(25-18)17-9-5-11-26-17)24-10-4-6-14(12-24)20-21-15-7-2-3-8-16(15)27-20/h2-3,5,7-9,11,13-14H,4,6,10,12H2,1H3/t13-,14-/m0/s1. The van der Waals surface area contributed by atoms with E-state index in [1.807, 2.05) is 28.8 Å². The molecule has 138 valence electrons. The molecule has 1 aliphatic rings. The molecule has 1 aromatic carbocycles. The summed E-state index contributed by atoms with van der Waals surface area (Å²) < 4.78 is 7.24. The molecule has 1 aliphatic heterocycles. The number of thiophene rings is 1. The highest BCUT2D eigenvalue weighted by Crippen LogP contribution is 2.36. The van der Waals surface area contributed by atoms with Crippen LogP contribution in [0.15, 0.2) is 46.2 Å². The Balaban J connectivity index is 1.34. The molecule has 0 saturated carbocycles. The van der Waals surface area contributed by atoms with E-state index in [4.69, 9.17) is 9.40 Å². The second kappa shape index (κ2) is 7.14. The largest absolute Gasteiger partial charge is 0.418 e. The van der Waals surface area contributed by atoms with Crippen LogP contribution in [0.4, 0.5) is 0 Å². The molecule has 5 nitrogen and oxygen atoms in total. The Labute approximate surface area is 165 Å². The second-order valence-corrected chi connectivity index (χ2v) is 8.96. The molecule has 3 aromatic heterocycles. The first-order chi connectivity index (χ1) is 13.3. The van der Waals surface area contributed by atoms with Crippen LogP contribution in [-0.2, 0) is 0 Å². The van der Waals surface area contributed by atoms with Crippen LogP contribution in [0.5, 0.6) is 0 Å². The van der Waals surface area contributed by atoms with Gasteiger partial charge in [-0.25, -0.2) is 4.98 Å². The summed E-state index contributed by atoms with van der Waals surface area (Å²) in [6, 6.07) is 12.5. The lowest BCUT2D eigenvalue weighted by Gasteiger charge is -2.34. The number of para-hydroxylation sites is 1. The van der Waals surface area contributed by atoms with Gasteiger partial charge < -0.3 is 4.42 Å². The highest BCUT2D eigenvalue weighted by molar-refractivity contribution is 7.18. The lowest BCUT2D eigenvalue weighted by Crippen LogP contribution is -2.36. The van der Waals surface area contributed by atoms with Crippen LogP contribution < -0.4 is 0 Å². The summed E-state index contributed by atoms with van der Waals surface area (Å²) in [7, 11) is 0. The predicted molar refractivity (Wildman–Crippen MR) is 109 cm³/mol. The third-order valence-corrected chi connectivity index (χ3v) is 7.25. The third-order valence-electron chi connectivity index (χ3n) is 5.19. The van der Waals surface area contributed by atoms with Crippen molar-refractivity contribution in [3.05, 3.63) is 52.7 Å². The van der Waals surface area contributed by atoms with Crippen LogP contribution in [0.1, 0.15) is 42.6 Å². The summed E-state index contributed by atoms with van der Waals surface area (Å²) in [5, 5.41) is 11.8. The van der Waals surface area contributed by atoms with E-state index in [-0.39, 0.29) is 6.04 Å². The van der Waals surface area contributed by atoms with Gasteiger partial charge in [0.15, 0.2) is 0 Å². The van der Waals surface area contributed by atoms with E-state index < -0.39 is 0 Å². The van der Waals surface area contributed by atoms with Gasteiger partial charge in [0.2, 0.25) is 5.89 Å². The highest BCUT2D eigenvalue weighted by atomic mass is 32.1. The number of hydrogen-bond acceptors (Lipinski definition) is 7. The quantitative estimate of drug-likeness (QED) is 0.465. The normalized spacial score (nSPS) is 19.5. The number of thiazole rings is 1. The van der Waals surface area contributed by atoms with E-state index in [1.54, 1.807) is 11.3 Å². The van der Waals surface area contributed by atoms with E-state index in [2.05, 4.69) is 46.3 Å². The first kappa shape index (κ1) is 17.0. The minimum Gasteiger partial charge on any atom is -0.418 e. The Morgan fingerprint density at radius 1 is 1.19 bits per heavy atom. The van der Waals surface area contributed by atoms with Crippen LogP contribution in [0.2, 0.25) is 0 Å². The van der Waals surface area contributed by atoms with Gasteiger partial charge in [0, 0.05) is 12.5 Å². The summed E-state index contributed by atoms with van der Waals surface area (Å²) >= 11 is 3.45. The predicted octanol–water partition coefficient (Wildman–Crippen LogP) is 5.35. The molecule has 0 spiro atoms. The zero-order chi connectivity index (χ0) is 18.2. The van der Waals surface area contributed by atoms with Gasteiger partial charge >= 0.3 is 0 Å². The molecule has 7 heteroatoms. The smallest absolute Gasteiger partial charge is 0.257 e. The molecule has 2 atom stereocenters. The summed E-state index contributed by atoms with van der Waals surface area (Å²) in [6.45, 7) is 4.20. The molecule has 1 saturated heterocycles. The van der Waals surface area contributed by atoms with Crippen LogP contribution in [0.3, 0.4) is 0 Å². The molecule has 5 rings (SSSR count). The fourth-order valence-corrected chi connectivity index (χ4v) is 5.42. The lowest BCUT2D eigenvalue weighted by molar-refractivity contribution is 0.139. The Kier molecular flexibility index (Phi) is 4.51. The minimum absolute atomic E-state index is 0.114. The number of piperidine rings is 1. The van der Waals surface area contributed by atoms with Crippen molar-refractivity contribution in [2.24, 2.45) is 0 Å². The summed E-state index contributed by atoms with van der Waals surface area (Å²) in [5.74, 6) is 1.79. The number of hydrogen-bond donors (Lipinski definition) is 0. The van der Waals surface area contributed by atoms with Crippen molar-refractivity contribution in [2.75, 3.05) is 13.1 Å². The first-order valence-corrected chi connectivity index (χ1v) is 10.9. The van der Waals surface area contributed by atoms with Crippen LogP contribution >= 0.6 is 22.7 Å². The van der Waals surface area contributed by atoms with Gasteiger partial charge in [-0.2, -0.15) is 0 Å². The van der Waals surface area contributed by atoms with E-state index in [1.165, 1.54) is 16.1 Å². The molecule has 4 heterocycles. The number of likely N-dealkylation sites (tertiary alicyclic amines) is 1. The van der Waals surface area contributed by atoms with Crippen molar-refractivity contribution in [2.45, 2.75) is 31.7 Å². The maximum atomic E-state index is 5.97. The van der Waals surface area contributed by atoms with Gasteiger partial charge in [-0.05, 0) is 49.9 Å². The van der Waals surface area contributed by atoms with E-state index in [9.17, 15) is 0 Å². The fraction of sp³-hybridized carbons (Fsp3) is 0.350. The second-order valence-electron chi connectivity index (χ2n) is 6.95. The Morgan fingerprint density at radius 2 is 2.11 bits per heavy atom. The maximum absolute atomic E-state index is 5.97. The average molecular weight is 397 g/mol. The van der Waals surface area contributed by atoms with Gasteiger partial charge in [-0.15, -0.1) is 32.9 Å². The number of fused-ring (bicyclic) bond motifs is 1. The molecule has 0 bridgehead atoms. The lowest BCUT2D eigenvalue weighted by atomic mass is 9.97. The fourth-order valence-electron chi connectivity index (χ4n) is 3.68. The van der Waals surface area contributed by atoms with Crippen molar-refractivity contribution in [3.8, 4) is 10.8 Å². The van der Waals surface area contributed by atoms with Gasteiger partial charge in [0.25, 0.3) is 5.89 Å². The third kappa shape index (κ3) is 3.31. The number of aromatic nitrogens is 3. The van der Waals surface area contributed by atoms with Gasteiger partial charge in [0.05, 0.1) is 26.1 Å². The summed E-state index contributed by atoms with van der Waals surface area (Å²) in [4.78, 5) is 8.35. The van der Waals surface area contributed by atoms with Gasteiger partial charge in [-0.3, -0.25) is 4.90 Å². The summed E-state index contributed by atoms with van der Waals surface area (Å²) in [5.41, 5.74) is 1.11. The molecule has 27 heavy (non-hydrogen) atoms. The molecular weight excluding hydrogens is 376 g/mol. The van der Waals surface area contributed by atoms with Crippen LogP contribution in [0, 0.1) is 0 Å². The van der Waals surface area contributed by atoms with Crippen LogP contribution in [0.25, 0.3) is 21.0 Å². The maximum Gasteiger partial charge on any atom is 0.257 e. The Bertz CT molecular complexity index is 1010. The number of rotatable bonds is 4. The molecule has 0 N–H and O–H groups in total. The average Bonchev–Trinajstić information content (AvgIpc) is 3.47. The Hall–Kier alpha value is -2.09. The van der Waals surface area contributed by atoms with E-state index in [0.29, 0.717) is 17.7 Å². The van der Waals surface area contributed by atoms with E-state index >= 15 is 0 Å². The highest BCUT2D eigenvalue weighted by Gasteiger charge is 2.29. The molecule has 0 unspecified atom stereocenters. The molecule has 1 fully saturated rings. The zero-order valence-corrected chi connectivity index (χ0v) is 16.7. The molecule has 0 amide bonds. The van der Waals surface area contributed by atoms with Gasteiger partial charge in [-0.1, -0.05) is 18.2 Å². The molecule has 4 aromatic rings. The van der Waals surface area contributed by atoms with Crippen molar-refractivity contribution in [3.63, 3.8) is 0 Å². The Morgan fingerprint density at radius 3 is 2.96 bits per heavy atom.